The lowest BCUT2D eigenvalue weighted by Crippen LogP contribution is -2.33. The molecule has 1 heterocycles. The Hall–Kier alpha value is -1.66. The van der Waals surface area contributed by atoms with Gasteiger partial charge in [0.2, 0.25) is 0 Å². The number of amides is 1. The molecule has 0 bridgehead atoms. The molecule has 0 aliphatic heterocycles. The Morgan fingerprint density at radius 3 is 2.75 bits per heavy atom. The molecule has 0 saturated carbocycles. The van der Waals surface area contributed by atoms with Crippen LogP contribution in [0.2, 0.25) is 0 Å². The molecule has 0 spiro atoms. The minimum absolute atomic E-state index is 0.0194. The summed E-state index contributed by atoms with van der Waals surface area (Å²) in [5.74, 6) is -0.495. The topological polar surface area (TPSA) is 72.9 Å². The maximum atomic E-state index is 12.2. The van der Waals surface area contributed by atoms with Crippen LogP contribution in [-0.4, -0.2) is 28.2 Å². The lowest BCUT2D eigenvalue weighted by atomic mass is 10.3. The van der Waals surface area contributed by atoms with Crippen molar-refractivity contribution in [2.75, 3.05) is 5.73 Å². The molecule has 0 aliphatic rings. The number of halogens is 2. The lowest BCUT2D eigenvalue weighted by molar-refractivity contribution is 0.0915. The highest BCUT2D eigenvalue weighted by molar-refractivity contribution is 5.97. The fourth-order valence-corrected chi connectivity index (χ4v) is 1.25. The van der Waals surface area contributed by atoms with Crippen LogP contribution >= 0.6 is 0 Å². The molecular weight excluding hydrogens is 218 g/mol. The first-order valence-corrected chi connectivity index (χ1v) is 4.82. The van der Waals surface area contributed by atoms with Gasteiger partial charge >= 0.3 is 0 Å². The van der Waals surface area contributed by atoms with Crippen molar-refractivity contribution in [2.45, 2.75) is 32.9 Å². The second-order valence-electron chi connectivity index (χ2n) is 3.65. The fourth-order valence-electron chi connectivity index (χ4n) is 1.25. The number of nitrogen functional groups attached to an aromatic ring is 1. The Balaban J connectivity index is 2.92. The Kier molecular flexibility index (Phi) is 3.81. The molecule has 1 rings (SSSR count). The van der Waals surface area contributed by atoms with Crippen LogP contribution in [0.4, 0.5) is 14.5 Å². The highest BCUT2D eigenvalue weighted by atomic mass is 19.3. The van der Waals surface area contributed by atoms with Crippen LogP contribution < -0.4 is 11.1 Å². The van der Waals surface area contributed by atoms with E-state index in [2.05, 4.69) is 10.4 Å². The second kappa shape index (κ2) is 4.91. The molecule has 0 unspecified atom stereocenters. The van der Waals surface area contributed by atoms with Gasteiger partial charge in [0.15, 0.2) is 0 Å². The van der Waals surface area contributed by atoms with Crippen LogP contribution in [0.25, 0.3) is 0 Å². The summed E-state index contributed by atoms with van der Waals surface area (Å²) in [4.78, 5) is 11.6. The largest absolute Gasteiger partial charge is 0.396 e. The van der Waals surface area contributed by atoms with Gasteiger partial charge in [-0.3, -0.25) is 9.48 Å². The third-order valence-electron chi connectivity index (χ3n) is 1.81. The van der Waals surface area contributed by atoms with Gasteiger partial charge in [-0.25, -0.2) is 8.78 Å². The summed E-state index contributed by atoms with van der Waals surface area (Å²) in [6, 6.07) is -0.0956. The minimum Gasteiger partial charge on any atom is -0.396 e. The van der Waals surface area contributed by atoms with E-state index in [0.29, 0.717) is 0 Å². The van der Waals surface area contributed by atoms with E-state index in [1.54, 1.807) is 13.8 Å². The van der Waals surface area contributed by atoms with Gasteiger partial charge in [-0.15, -0.1) is 0 Å². The number of hydrogen-bond donors (Lipinski definition) is 2. The summed E-state index contributed by atoms with van der Waals surface area (Å²) >= 11 is 0. The molecule has 0 radical (unpaired) electrons. The summed E-state index contributed by atoms with van der Waals surface area (Å²) < 4.78 is 25.3. The monoisotopic (exact) mass is 232 g/mol. The van der Waals surface area contributed by atoms with Crippen LogP contribution in [0.3, 0.4) is 0 Å². The molecule has 1 aromatic rings. The quantitative estimate of drug-likeness (QED) is 0.809. The van der Waals surface area contributed by atoms with Crippen LogP contribution in [0.5, 0.6) is 0 Å². The van der Waals surface area contributed by atoms with Gasteiger partial charge in [-0.1, -0.05) is 0 Å². The summed E-state index contributed by atoms with van der Waals surface area (Å²) in [7, 11) is 0. The van der Waals surface area contributed by atoms with Crippen molar-refractivity contribution in [3.8, 4) is 0 Å². The Morgan fingerprint density at radius 1 is 1.62 bits per heavy atom. The van der Waals surface area contributed by atoms with Crippen LogP contribution in [-0.2, 0) is 6.54 Å². The Morgan fingerprint density at radius 2 is 2.25 bits per heavy atom. The molecular formula is C9H14F2N4O. The Labute approximate surface area is 91.6 Å². The van der Waals surface area contributed by atoms with Crippen molar-refractivity contribution in [3.05, 3.63) is 11.9 Å². The normalized spacial score (nSPS) is 11.1. The highest BCUT2D eigenvalue weighted by Crippen LogP contribution is 2.12. The van der Waals surface area contributed by atoms with Crippen LogP contribution in [0.15, 0.2) is 6.20 Å². The number of anilines is 1. The smallest absolute Gasteiger partial charge is 0.271 e. The molecule has 7 heteroatoms. The first kappa shape index (κ1) is 12.4. The molecule has 0 aromatic carbocycles. The van der Waals surface area contributed by atoms with E-state index in [-0.39, 0.29) is 17.4 Å². The summed E-state index contributed by atoms with van der Waals surface area (Å²) in [5.41, 5.74) is 5.58. The zero-order chi connectivity index (χ0) is 12.3. The maximum absolute atomic E-state index is 12.2. The van der Waals surface area contributed by atoms with E-state index in [9.17, 15) is 13.6 Å². The molecule has 5 nitrogen and oxygen atoms in total. The number of carbonyl (C=O) groups is 1. The number of carbonyl (C=O) groups excluding carboxylic acids is 1. The summed E-state index contributed by atoms with van der Waals surface area (Å²) in [6.45, 7) is 2.89. The zero-order valence-electron chi connectivity index (χ0n) is 9.08. The van der Waals surface area contributed by atoms with Crippen molar-refractivity contribution in [1.29, 1.82) is 0 Å². The molecule has 0 atom stereocenters. The van der Waals surface area contributed by atoms with Gasteiger partial charge in [0.1, 0.15) is 12.2 Å². The summed E-state index contributed by atoms with van der Waals surface area (Å²) in [5, 5.41) is 6.21. The fraction of sp³-hybridized carbons (Fsp3) is 0.556. The average Bonchev–Trinajstić information content (AvgIpc) is 2.44. The number of nitrogens with zero attached hydrogens (tertiary/aromatic N) is 2. The molecule has 0 aliphatic carbocycles. The van der Waals surface area contributed by atoms with E-state index in [4.69, 9.17) is 5.73 Å². The van der Waals surface area contributed by atoms with Crippen molar-refractivity contribution < 1.29 is 13.6 Å². The highest BCUT2D eigenvalue weighted by Gasteiger charge is 2.19. The average molecular weight is 232 g/mol. The minimum atomic E-state index is -2.58. The Bertz CT molecular complexity index is 376. The second-order valence-corrected chi connectivity index (χ2v) is 3.65. The van der Waals surface area contributed by atoms with Gasteiger partial charge < -0.3 is 11.1 Å². The van der Waals surface area contributed by atoms with Gasteiger partial charge in [0, 0.05) is 6.04 Å². The molecule has 1 aromatic heterocycles. The van der Waals surface area contributed by atoms with Gasteiger partial charge in [-0.05, 0) is 13.8 Å². The van der Waals surface area contributed by atoms with Gasteiger partial charge in [-0.2, -0.15) is 5.10 Å². The number of hydrogen-bond acceptors (Lipinski definition) is 3. The van der Waals surface area contributed by atoms with E-state index in [0.717, 1.165) is 4.68 Å². The van der Waals surface area contributed by atoms with Gasteiger partial charge in [0.05, 0.1) is 11.9 Å². The first-order valence-electron chi connectivity index (χ1n) is 4.82. The van der Waals surface area contributed by atoms with Crippen LogP contribution in [0.1, 0.15) is 24.3 Å². The number of alkyl halides is 2. The molecule has 1 amide bonds. The summed E-state index contributed by atoms with van der Waals surface area (Å²) in [6.07, 6.45) is -1.39. The molecule has 16 heavy (non-hydrogen) atoms. The van der Waals surface area contributed by atoms with Gasteiger partial charge in [0.25, 0.3) is 12.3 Å². The van der Waals surface area contributed by atoms with E-state index < -0.39 is 18.9 Å². The first-order chi connectivity index (χ1) is 7.41. The van der Waals surface area contributed by atoms with Crippen molar-refractivity contribution in [1.82, 2.24) is 15.1 Å². The number of nitrogens with two attached hydrogens (primary N) is 1. The predicted octanol–water partition coefficient (Wildman–Crippen LogP) is 0.869. The SMILES string of the molecule is CC(C)NC(=O)c1c(N)cnn1CC(F)F. The van der Waals surface area contributed by atoms with Crippen LogP contribution in [0, 0.1) is 0 Å². The van der Waals surface area contributed by atoms with E-state index >= 15 is 0 Å². The standard InChI is InChI=1S/C9H14F2N4O/c1-5(2)14-9(16)8-6(12)3-13-15(8)4-7(10)11/h3,5,7H,4,12H2,1-2H3,(H,14,16). The molecule has 0 saturated heterocycles. The number of nitrogens with one attached hydrogen (secondary N) is 1. The van der Waals surface area contributed by atoms with Crippen molar-refractivity contribution in [2.24, 2.45) is 0 Å². The zero-order valence-corrected chi connectivity index (χ0v) is 9.08. The maximum Gasteiger partial charge on any atom is 0.271 e. The molecule has 3 N–H and O–H groups in total. The van der Waals surface area contributed by atoms with E-state index in [1.807, 2.05) is 0 Å². The third-order valence-corrected chi connectivity index (χ3v) is 1.81. The lowest BCUT2D eigenvalue weighted by Gasteiger charge is -2.10. The number of aromatic nitrogens is 2. The molecule has 90 valence electrons. The van der Waals surface area contributed by atoms with Crippen molar-refractivity contribution >= 4 is 11.6 Å². The third kappa shape index (κ3) is 2.91. The predicted molar refractivity (Wildman–Crippen MR) is 55.2 cm³/mol. The number of rotatable bonds is 4. The van der Waals surface area contributed by atoms with Crippen molar-refractivity contribution in [3.63, 3.8) is 0 Å². The molecule has 0 fully saturated rings. The van der Waals surface area contributed by atoms with E-state index in [1.165, 1.54) is 6.20 Å².